The minimum Gasteiger partial charge on any atom is -0.372 e. The molecule has 1 N–H and O–H groups in total. The Morgan fingerprint density at radius 3 is 2.47 bits per heavy atom. The van der Waals surface area contributed by atoms with Gasteiger partial charge in [0.15, 0.2) is 0 Å². The molecule has 0 aromatic heterocycles. The van der Waals surface area contributed by atoms with Crippen LogP contribution in [0.5, 0.6) is 0 Å². The molecule has 0 saturated heterocycles. The van der Waals surface area contributed by atoms with Gasteiger partial charge in [0.25, 0.3) is 0 Å². The lowest BCUT2D eigenvalue weighted by Gasteiger charge is -2.21. The van der Waals surface area contributed by atoms with Gasteiger partial charge < -0.3 is 10.1 Å². The zero-order valence-corrected chi connectivity index (χ0v) is 13.9. The van der Waals surface area contributed by atoms with Gasteiger partial charge in [0.2, 0.25) is 0 Å². The van der Waals surface area contributed by atoms with E-state index in [2.05, 4.69) is 66.3 Å². The molecular formula is C16H26BrNO. The van der Waals surface area contributed by atoms with Gasteiger partial charge in [-0.3, -0.25) is 0 Å². The Bertz CT molecular complexity index is 339. The lowest BCUT2D eigenvalue weighted by Crippen LogP contribution is -2.24. The summed E-state index contributed by atoms with van der Waals surface area (Å²) < 4.78 is 7.22. The van der Waals surface area contributed by atoms with E-state index in [-0.39, 0.29) is 6.10 Å². The fourth-order valence-corrected chi connectivity index (χ4v) is 2.35. The lowest BCUT2D eigenvalue weighted by molar-refractivity contribution is 0.0302. The molecule has 1 aromatic carbocycles. The van der Waals surface area contributed by atoms with Gasteiger partial charge in [-0.2, -0.15) is 0 Å². The molecule has 0 amide bonds. The van der Waals surface area contributed by atoms with E-state index in [4.69, 9.17) is 4.74 Å². The van der Waals surface area contributed by atoms with Gasteiger partial charge in [-0.25, -0.2) is 0 Å². The third kappa shape index (κ3) is 6.55. The van der Waals surface area contributed by atoms with Crippen LogP contribution >= 0.6 is 15.9 Å². The van der Waals surface area contributed by atoms with Crippen LogP contribution in [0.4, 0.5) is 0 Å². The first-order valence-electron chi connectivity index (χ1n) is 7.25. The zero-order chi connectivity index (χ0) is 14.1. The van der Waals surface area contributed by atoms with Crippen molar-refractivity contribution in [1.29, 1.82) is 0 Å². The quantitative estimate of drug-likeness (QED) is 0.718. The van der Waals surface area contributed by atoms with Crippen molar-refractivity contribution in [2.45, 2.75) is 39.7 Å². The molecule has 0 aliphatic heterocycles. The largest absolute Gasteiger partial charge is 0.372 e. The second-order valence-electron chi connectivity index (χ2n) is 5.08. The van der Waals surface area contributed by atoms with E-state index in [1.807, 2.05) is 0 Å². The second kappa shape index (κ2) is 9.51. The minimum atomic E-state index is 0.146. The molecule has 0 aliphatic carbocycles. The van der Waals surface area contributed by atoms with Crippen LogP contribution in [-0.4, -0.2) is 19.7 Å². The molecule has 19 heavy (non-hydrogen) atoms. The summed E-state index contributed by atoms with van der Waals surface area (Å²) in [5.41, 5.74) is 1.24. The lowest BCUT2D eigenvalue weighted by atomic mass is 10.1. The van der Waals surface area contributed by atoms with Crippen LogP contribution in [0.2, 0.25) is 0 Å². The first-order chi connectivity index (χ1) is 9.17. The Morgan fingerprint density at radius 1 is 1.21 bits per heavy atom. The molecule has 2 nitrogen and oxygen atoms in total. The molecule has 2 unspecified atom stereocenters. The first-order valence-corrected chi connectivity index (χ1v) is 8.04. The van der Waals surface area contributed by atoms with E-state index in [1.165, 1.54) is 18.4 Å². The Kier molecular flexibility index (Phi) is 8.35. The van der Waals surface area contributed by atoms with E-state index >= 15 is 0 Å². The van der Waals surface area contributed by atoms with Crippen molar-refractivity contribution in [2.24, 2.45) is 5.92 Å². The Hall–Kier alpha value is -0.380. The van der Waals surface area contributed by atoms with E-state index in [0.29, 0.717) is 5.92 Å². The van der Waals surface area contributed by atoms with Gasteiger partial charge in [-0.15, -0.1) is 0 Å². The van der Waals surface area contributed by atoms with Crippen LogP contribution < -0.4 is 5.32 Å². The van der Waals surface area contributed by atoms with Crippen LogP contribution in [0, 0.1) is 5.92 Å². The van der Waals surface area contributed by atoms with Gasteiger partial charge in [0.1, 0.15) is 0 Å². The molecule has 0 aliphatic rings. The van der Waals surface area contributed by atoms with Crippen molar-refractivity contribution in [2.75, 3.05) is 19.7 Å². The monoisotopic (exact) mass is 327 g/mol. The highest BCUT2D eigenvalue weighted by Crippen LogP contribution is 2.21. The molecule has 2 atom stereocenters. The van der Waals surface area contributed by atoms with Crippen LogP contribution in [-0.2, 0) is 4.74 Å². The maximum absolute atomic E-state index is 6.11. The highest BCUT2D eigenvalue weighted by atomic mass is 79.9. The van der Waals surface area contributed by atoms with Gasteiger partial charge >= 0.3 is 0 Å². The first kappa shape index (κ1) is 16.7. The number of rotatable bonds is 9. The van der Waals surface area contributed by atoms with E-state index in [1.54, 1.807) is 0 Å². The molecule has 0 saturated carbocycles. The molecule has 3 heteroatoms. The van der Waals surface area contributed by atoms with Gasteiger partial charge in [0, 0.05) is 11.0 Å². The topological polar surface area (TPSA) is 21.3 Å². The molecule has 108 valence electrons. The second-order valence-corrected chi connectivity index (χ2v) is 5.99. The molecule has 1 rings (SSSR count). The summed E-state index contributed by atoms with van der Waals surface area (Å²) in [6.07, 6.45) is 2.60. The summed E-state index contributed by atoms with van der Waals surface area (Å²) in [5, 5.41) is 3.38. The molecule has 1 aromatic rings. The fourth-order valence-electron chi connectivity index (χ4n) is 2.08. The summed E-state index contributed by atoms with van der Waals surface area (Å²) in [6.45, 7) is 9.28. The maximum atomic E-state index is 6.11. The predicted octanol–water partition coefficient (Wildman–Crippen LogP) is 4.55. The van der Waals surface area contributed by atoms with Crippen molar-refractivity contribution in [3.05, 3.63) is 34.3 Å². The third-order valence-corrected chi connectivity index (χ3v) is 3.71. The van der Waals surface area contributed by atoms with Crippen LogP contribution in [0.15, 0.2) is 28.7 Å². The SMILES string of the molecule is CCCC(C)COC(CNCC)c1ccc(Br)cc1. The predicted molar refractivity (Wildman–Crippen MR) is 85.5 cm³/mol. The molecule has 0 radical (unpaired) electrons. The van der Waals surface area contributed by atoms with Gasteiger partial charge in [0.05, 0.1) is 12.7 Å². The van der Waals surface area contributed by atoms with Crippen LogP contribution in [0.25, 0.3) is 0 Å². The molecule has 0 spiro atoms. The Labute approximate surface area is 126 Å². The smallest absolute Gasteiger partial charge is 0.0949 e. The van der Waals surface area contributed by atoms with Crippen molar-refractivity contribution in [1.82, 2.24) is 5.32 Å². The van der Waals surface area contributed by atoms with E-state index < -0.39 is 0 Å². The normalized spacial score (nSPS) is 14.3. The molecular weight excluding hydrogens is 302 g/mol. The highest BCUT2D eigenvalue weighted by molar-refractivity contribution is 9.10. The van der Waals surface area contributed by atoms with Crippen LogP contribution in [0.3, 0.4) is 0 Å². The van der Waals surface area contributed by atoms with Crippen molar-refractivity contribution in [3.63, 3.8) is 0 Å². The molecule has 0 bridgehead atoms. The number of nitrogens with one attached hydrogen (secondary N) is 1. The fraction of sp³-hybridized carbons (Fsp3) is 0.625. The average molecular weight is 328 g/mol. The Morgan fingerprint density at radius 2 is 1.89 bits per heavy atom. The standard InChI is InChI=1S/C16H26BrNO/c1-4-6-13(3)12-19-16(11-18-5-2)14-7-9-15(17)10-8-14/h7-10,13,16,18H,4-6,11-12H2,1-3H3. The number of likely N-dealkylation sites (N-methyl/N-ethyl adjacent to an activating group) is 1. The number of hydrogen-bond donors (Lipinski definition) is 1. The van der Waals surface area contributed by atoms with Gasteiger partial charge in [-0.05, 0) is 36.6 Å². The summed E-state index contributed by atoms with van der Waals surface area (Å²) in [6, 6.07) is 8.42. The molecule has 0 fully saturated rings. The van der Waals surface area contributed by atoms with E-state index in [9.17, 15) is 0 Å². The minimum absolute atomic E-state index is 0.146. The highest BCUT2D eigenvalue weighted by Gasteiger charge is 2.13. The van der Waals surface area contributed by atoms with E-state index in [0.717, 1.165) is 24.2 Å². The summed E-state index contributed by atoms with van der Waals surface area (Å²) in [4.78, 5) is 0. The van der Waals surface area contributed by atoms with Crippen LogP contribution in [0.1, 0.15) is 45.3 Å². The summed E-state index contributed by atoms with van der Waals surface area (Å²) >= 11 is 3.47. The number of benzene rings is 1. The number of hydrogen-bond acceptors (Lipinski definition) is 2. The third-order valence-electron chi connectivity index (χ3n) is 3.18. The van der Waals surface area contributed by atoms with Crippen molar-refractivity contribution in [3.8, 4) is 0 Å². The molecule has 0 heterocycles. The van der Waals surface area contributed by atoms with Gasteiger partial charge in [-0.1, -0.05) is 55.3 Å². The average Bonchev–Trinajstić information content (AvgIpc) is 2.40. The van der Waals surface area contributed by atoms with Crippen molar-refractivity contribution < 1.29 is 4.74 Å². The van der Waals surface area contributed by atoms with Crippen molar-refractivity contribution >= 4 is 15.9 Å². The Balaban J connectivity index is 2.58. The summed E-state index contributed by atoms with van der Waals surface area (Å²) in [7, 11) is 0. The number of halogens is 1. The summed E-state index contributed by atoms with van der Waals surface area (Å²) in [5.74, 6) is 0.629. The number of ether oxygens (including phenoxy) is 1. The maximum Gasteiger partial charge on any atom is 0.0949 e. The zero-order valence-electron chi connectivity index (χ0n) is 12.3.